The number of hydrogen-bond donors (Lipinski definition) is 0. The van der Waals surface area contributed by atoms with E-state index in [1.54, 1.807) is 9.36 Å². The second-order valence-electron chi connectivity index (χ2n) is 8.79. The number of aromatic nitrogens is 4. The lowest BCUT2D eigenvalue weighted by Crippen LogP contribution is -2.43. The zero-order valence-corrected chi connectivity index (χ0v) is 18.9. The van der Waals surface area contributed by atoms with E-state index in [-0.39, 0.29) is 5.92 Å². The van der Waals surface area contributed by atoms with Crippen molar-refractivity contribution in [2.24, 2.45) is 5.92 Å². The Morgan fingerprint density at radius 1 is 0.967 bits per heavy atom. The highest BCUT2D eigenvalue weighted by molar-refractivity contribution is 7.71. The molecule has 30 heavy (non-hydrogen) atoms. The van der Waals surface area contributed by atoms with Gasteiger partial charge in [0.2, 0.25) is 10.7 Å². The van der Waals surface area contributed by atoms with Gasteiger partial charge in [0.25, 0.3) is 0 Å². The lowest BCUT2D eigenvalue weighted by molar-refractivity contribution is -0.137. The van der Waals surface area contributed by atoms with Gasteiger partial charge in [0.15, 0.2) is 0 Å². The molecule has 0 aliphatic carbocycles. The molecular weight excluding hydrogens is 396 g/mol. The minimum absolute atomic E-state index is 0.165. The minimum Gasteiger partial charge on any atom is -0.342 e. The van der Waals surface area contributed by atoms with Crippen molar-refractivity contribution in [3.63, 3.8) is 0 Å². The van der Waals surface area contributed by atoms with Gasteiger partial charge in [-0.05, 0) is 85.4 Å². The summed E-state index contributed by atoms with van der Waals surface area (Å²) in [7, 11) is 0. The average molecular weight is 429 g/mol. The van der Waals surface area contributed by atoms with Crippen LogP contribution < -0.4 is 0 Å². The lowest BCUT2D eigenvalue weighted by Gasteiger charge is -2.33. The second kappa shape index (κ2) is 9.39. The van der Waals surface area contributed by atoms with Crippen LogP contribution in [0.25, 0.3) is 5.69 Å². The van der Waals surface area contributed by atoms with Gasteiger partial charge in [-0.1, -0.05) is 18.9 Å². The van der Waals surface area contributed by atoms with E-state index < -0.39 is 0 Å². The Kier molecular flexibility index (Phi) is 6.63. The highest BCUT2D eigenvalue weighted by atomic mass is 32.1. The molecule has 2 aromatic rings. The van der Waals surface area contributed by atoms with Crippen LogP contribution >= 0.6 is 12.2 Å². The quantitative estimate of drug-likeness (QED) is 0.698. The monoisotopic (exact) mass is 428 g/mol. The summed E-state index contributed by atoms with van der Waals surface area (Å²) in [6.45, 7) is 8.42. The van der Waals surface area contributed by atoms with Gasteiger partial charge in [-0.3, -0.25) is 9.69 Å². The molecule has 1 aromatic carbocycles. The first-order valence-corrected chi connectivity index (χ1v) is 11.5. The lowest BCUT2D eigenvalue weighted by atomic mass is 9.95. The second-order valence-corrected chi connectivity index (χ2v) is 9.16. The van der Waals surface area contributed by atoms with E-state index in [1.165, 1.54) is 24.0 Å². The van der Waals surface area contributed by atoms with Gasteiger partial charge < -0.3 is 4.90 Å². The standard InChI is InChI=1S/C22H32N6OS/c1-17-13-18(2)15-20(14-17)28-22(30)27(23-24-28)16-25-11-7-19(8-12-25)21(29)26-9-5-3-4-6-10-26/h13-15,19H,3-12,16H2,1-2H3. The molecule has 2 aliphatic heterocycles. The zero-order chi connectivity index (χ0) is 21.1. The van der Waals surface area contributed by atoms with E-state index in [4.69, 9.17) is 12.2 Å². The minimum atomic E-state index is 0.165. The Balaban J connectivity index is 1.36. The van der Waals surface area contributed by atoms with Crippen molar-refractivity contribution in [2.45, 2.75) is 59.0 Å². The molecule has 8 heteroatoms. The van der Waals surface area contributed by atoms with Gasteiger partial charge in [0, 0.05) is 32.1 Å². The SMILES string of the molecule is Cc1cc(C)cc(-n2nnn(CN3CCC(C(=O)N4CCCCCC4)CC3)c2=S)c1. The van der Waals surface area contributed by atoms with Crippen LogP contribution in [0.3, 0.4) is 0 Å². The van der Waals surface area contributed by atoms with Crippen LogP contribution in [0, 0.1) is 24.5 Å². The van der Waals surface area contributed by atoms with Crippen molar-refractivity contribution in [3.8, 4) is 5.69 Å². The molecule has 3 heterocycles. The molecule has 4 rings (SSSR count). The fourth-order valence-electron chi connectivity index (χ4n) is 4.66. The molecule has 1 aromatic heterocycles. The van der Waals surface area contributed by atoms with Gasteiger partial charge in [0.05, 0.1) is 12.4 Å². The largest absolute Gasteiger partial charge is 0.342 e. The van der Waals surface area contributed by atoms with Crippen LogP contribution in [0.2, 0.25) is 0 Å². The average Bonchev–Trinajstić information content (AvgIpc) is 2.93. The number of rotatable bonds is 4. The van der Waals surface area contributed by atoms with Crippen molar-refractivity contribution in [1.82, 2.24) is 29.6 Å². The highest BCUT2D eigenvalue weighted by Crippen LogP contribution is 2.22. The molecule has 0 N–H and O–H groups in total. The summed E-state index contributed by atoms with van der Waals surface area (Å²) in [5.41, 5.74) is 3.31. The molecule has 0 bridgehead atoms. The number of piperidine rings is 1. The molecule has 2 aliphatic rings. The van der Waals surface area contributed by atoms with Gasteiger partial charge in [-0.25, -0.2) is 4.68 Å². The predicted molar refractivity (Wildman–Crippen MR) is 119 cm³/mol. The Hall–Kier alpha value is -2.06. The van der Waals surface area contributed by atoms with Crippen LogP contribution in [0.4, 0.5) is 0 Å². The normalized spacial score (nSPS) is 19.1. The number of aryl methyl sites for hydroxylation is 2. The number of tetrazole rings is 1. The summed E-state index contributed by atoms with van der Waals surface area (Å²) in [6.07, 6.45) is 6.64. The van der Waals surface area contributed by atoms with E-state index in [1.807, 2.05) is 0 Å². The molecule has 7 nitrogen and oxygen atoms in total. The van der Waals surface area contributed by atoms with E-state index in [0.29, 0.717) is 17.3 Å². The first-order valence-electron chi connectivity index (χ1n) is 11.1. The number of carbonyl (C=O) groups is 1. The Morgan fingerprint density at radius 2 is 1.60 bits per heavy atom. The van der Waals surface area contributed by atoms with Crippen LogP contribution in [-0.4, -0.2) is 61.7 Å². The summed E-state index contributed by atoms with van der Waals surface area (Å²) < 4.78 is 4.11. The molecule has 0 atom stereocenters. The van der Waals surface area contributed by atoms with E-state index in [9.17, 15) is 4.79 Å². The predicted octanol–water partition coefficient (Wildman–Crippen LogP) is 3.49. The van der Waals surface area contributed by atoms with E-state index >= 15 is 0 Å². The molecule has 0 spiro atoms. The number of amides is 1. The third kappa shape index (κ3) is 4.81. The van der Waals surface area contributed by atoms with E-state index in [0.717, 1.165) is 57.5 Å². The maximum Gasteiger partial charge on any atom is 0.225 e. The van der Waals surface area contributed by atoms with Crippen molar-refractivity contribution in [1.29, 1.82) is 0 Å². The molecule has 0 saturated carbocycles. The number of benzene rings is 1. The maximum absolute atomic E-state index is 12.9. The summed E-state index contributed by atoms with van der Waals surface area (Å²) in [4.78, 5) is 17.3. The zero-order valence-electron chi connectivity index (χ0n) is 18.1. The summed E-state index contributed by atoms with van der Waals surface area (Å²) in [6, 6.07) is 6.28. The van der Waals surface area contributed by atoms with Crippen molar-refractivity contribution >= 4 is 18.1 Å². The number of nitrogens with zero attached hydrogens (tertiary/aromatic N) is 6. The molecule has 2 fully saturated rings. The summed E-state index contributed by atoms with van der Waals surface area (Å²) in [5, 5.41) is 8.58. The van der Waals surface area contributed by atoms with Crippen molar-refractivity contribution in [2.75, 3.05) is 26.2 Å². The molecule has 0 radical (unpaired) electrons. The van der Waals surface area contributed by atoms with Crippen molar-refractivity contribution in [3.05, 3.63) is 34.1 Å². The number of likely N-dealkylation sites (tertiary alicyclic amines) is 2. The van der Waals surface area contributed by atoms with E-state index in [2.05, 4.69) is 52.3 Å². The van der Waals surface area contributed by atoms with Crippen molar-refractivity contribution < 1.29 is 4.79 Å². The third-order valence-corrected chi connectivity index (χ3v) is 6.66. The summed E-state index contributed by atoms with van der Waals surface area (Å²) >= 11 is 5.64. The van der Waals surface area contributed by atoms with Gasteiger partial charge >= 0.3 is 0 Å². The third-order valence-electron chi connectivity index (χ3n) is 6.28. The molecule has 162 valence electrons. The first-order chi connectivity index (χ1) is 14.5. The Bertz CT molecular complexity index is 915. The molecule has 1 amide bonds. The smallest absolute Gasteiger partial charge is 0.225 e. The first kappa shape index (κ1) is 21.2. The fourth-order valence-corrected chi connectivity index (χ4v) is 4.89. The summed E-state index contributed by atoms with van der Waals surface area (Å²) in [5.74, 6) is 0.534. The molecule has 2 saturated heterocycles. The molecule has 0 unspecified atom stereocenters. The Labute approximate surface area is 183 Å². The van der Waals surface area contributed by atoms with Crippen LogP contribution in [0.5, 0.6) is 0 Å². The van der Waals surface area contributed by atoms with Crippen LogP contribution in [0.1, 0.15) is 49.7 Å². The fraction of sp³-hybridized carbons (Fsp3) is 0.636. The van der Waals surface area contributed by atoms with Crippen LogP contribution in [0.15, 0.2) is 18.2 Å². The highest BCUT2D eigenvalue weighted by Gasteiger charge is 2.29. The van der Waals surface area contributed by atoms with Gasteiger partial charge in [0.1, 0.15) is 0 Å². The van der Waals surface area contributed by atoms with Crippen LogP contribution in [-0.2, 0) is 11.5 Å². The topological polar surface area (TPSA) is 59.2 Å². The van der Waals surface area contributed by atoms with Gasteiger partial charge in [-0.2, -0.15) is 4.68 Å². The number of hydrogen-bond acceptors (Lipinski definition) is 5. The Morgan fingerprint density at radius 3 is 2.23 bits per heavy atom. The molecular formula is C22H32N6OS. The van der Waals surface area contributed by atoms with Gasteiger partial charge in [-0.15, -0.1) is 0 Å². The maximum atomic E-state index is 12.9. The number of carbonyl (C=O) groups excluding carboxylic acids is 1.